The van der Waals surface area contributed by atoms with E-state index in [0.29, 0.717) is 43.8 Å². The lowest BCUT2D eigenvalue weighted by Gasteiger charge is -2.18. The van der Waals surface area contributed by atoms with Gasteiger partial charge in [0, 0.05) is 16.2 Å². The topological polar surface area (TPSA) is 102 Å². The molecule has 9 nitrogen and oxygen atoms in total. The van der Waals surface area contributed by atoms with Crippen molar-refractivity contribution in [1.29, 1.82) is 0 Å². The molecule has 12 heteroatoms. The molecule has 0 radical (unpaired) electrons. The minimum atomic E-state index is -0.628. The van der Waals surface area contributed by atoms with E-state index in [1.54, 1.807) is 37.4 Å². The Morgan fingerprint density at radius 3 is 2.50 bits per heavy atom. The molecule has 0 bridgehead atoms. The Kier molecular flexibility index (Phi) is 8.85. The van der Waals surface area contributed by atoms with E-state index in [9.17, 15) is 14.5 Å². The number of aryl methyl sites for hydroxylation is 1. The Balaban J connectivity index is 1.65. The molecule has 0 saturated carbocycles. The van der Waals surface area contributed by atoms with Crippen molar-refractivity contribution in [2.24, 2.45) is 0 Å². The maximum atomic E-state index is 14.1. The van der Waals surface area contributed by atoms with Gasteiger partial charge >= 0.3 is 0 Å². The fourth-order valence-corrected chi connectivity index (χ4v) is 5.48. The molecule has 0 saturated heterocycles. The summed E-state index contributed by atoms with van der Waals surface area (Å²) in [6.07, 6.45) is 0. The van der Waals surface area contributed by atoms with Crippen LogP contribution in [-0.2, 0) is 6.61 Å². The number of halogens is 2. The average Bonchev–Trinajstić information content (AvgIpc) is 3.27. The molecule has 3 aromatic carbocycles. The van der Waals surface area contributed by atoms with Crippen LogP contribution in [-0.4, -0.2) is 40.5 Å². The molecule has 0 fully saturated rings. The van der Waals surface area contributed by atoms with Crippen LogP contribution in [0.4, 0.5) is 4.39 Å². The summed E-state index contributed by atoms with van der Waals surface area (Å²) in [5.74, 6) is 1.68. The number of rotatable bonds is 11. The van der Waals surface area contributed by atoms with Crippen molar-refractivity contribution in [3.8, 4) is 22.9 Å². The molecule has 0 N–H and O–H groups in total. The first-order valence-electron chi connectivity index (χ1n) is 11.4. The summed E-state index contributed by atoms with van der Waals surface area (Å²) in [4.78, 5) is 11.3. The normalized spacial score (nSPS) is 11.7. The van der Waals surface area contributed by atoms with Crippen LogP contribution in [0.3, 0.4) is 0 Å². The first kappa shape index (κ1) is 27.4. The molecular weight excluding hydrogens is 579 g/mol. The Morgan fingerprint density at radius 2 is 1.84 bits per heavy atom. The van der Waals surface area contributed by atoms with Gasteiger partial charge in [0.05, 0.1) is 18.7 Å². The highest BCUT2D eigenvalue weighted by Crippen LogP contribution is 2.43. The molecule has 4 rings (SSSR count). The molecule has 38 heavy (non-hydrogen) atoms. The highest BCUT2D eigenvalue weighted by molar-refractivity contribution is 9.10. The van der Waals surface area contributed by atoms with Crippen LogP contribution in [0.5, 0.6) is 17.2 Å². The van der Waals surface area contributed by atoms with Crippen molar-refractivity contribution in [3.63, 3.8) is 0 Å². The van der Waals surface area contributed by atoms with E-state index >= 15 is 0 Å². The molecule has 198 valence electrons. The Bertz CT molecular complexity index is 1430. The van der Waals surface area contributed by atoms with Gasteiger partial charge in [-0.25, -0.2) is 4.39 Å². The standard InChI is InChI=1S/C26H24BrFN4O5S/c1-16-29-30-26(32(16)19-8-10-20(35-2)11-9-19)38-24(14-31(33)34)18-12-21(27)25(23(13-18)36-3)37-15-17-6-4-5-7-22(17)28/h4-13,24H,14-15H2,1-3H3/t24-/m0/s1. The number of aromatic nitrogens is 3. The lowest BCUT2D eigenvalue weighted by Crippen LogP contribution is -2.12. The zero-order valence-electron chi connectivity index (χ0n) is 20.8. The first-order chi connectivity index (χ1) is 18.3. The zero-order chi connectivity index (χ0) is 27.2. The van der Waals surface area contributed by atoms with E-state index in [2.05, 4.69) is 26.1 Å². The second-order valence-electron chi connectivity index (χ2n) is 8.10. The molecule has 4 aromatic rings. The van der Waals surface area contributed by atoms with E-state index in [1.165, 1.54) is 24.9 Å². The fraction of sp³-hybridized carbons (Fsp3) is 0.231. The van der Waals surface area contributed by atoms with Gasteiger partial charge in [-0.3, -0.25) is 14.7 Å². The third-order valence-electron chi connectivity index (χ3n) is 5.64. The molecule has 0 aliphatic carbocycles. The molecule has 1 atom stereocenters. The molecule has 0 aliphatic rings. The second-order valence-corrected chi connectivity index (χ2v) is 10.1. The largest absolute Gasteiger partial charge is 0.497 e. The van der Waals surface area contributed by atoms with Crippen LogP contribution < -0.4 is 14.2 Å². The minimum absolute atomic E-state index is 0.0156. The summed E-state index contributed by atoms with van der Waals surface area (Å²) in [6.45, 7) is 1.42. The molecule has 0 amide bonds. The van der Waals surface area contributed by atoms with Gasteiger partial charge in [-0.15, -0.1) is 10.2 Å². The lowest BCUT2D eigenvalue weighted by molar-refractivity contribution is -0.479. The Labute approximate surface area is 231 Å². The number of thioether (sulfide) groups is 1. The van der Waals surface area contributed by atoms with Gasteiger partial charge in [0.1, 0.15) is 29.2 Å². The van der Waals surface area contributed by atoms with Crippen LogP contribution in [0.2, 0.25) is 0 Å². The summed E-state index contributed by atoms with van der Waals surface area (Å²) >= 11 is 4.71. The predicted octanol–water partition coefficient (Wildman–Crippen LogP) is 6.18. The van der Waals surface area contributed by atoms with E-state index in [1.807, 2.05) is 35.8 Å². The monoisotopic (exact) mass is 602 g/mol. The SMILES string of the molecule is COc1ccc(-n2c(C)nnc2S[C@@H](C[N+](=O)[O-])c2cc(Br)c(OCc3ccccc3F)c(OC)c2)cc1. The predicted molar refractivity (Wildman–Crippen MR) is 145 cm³/mol. The van der Waals surface area contributed by atoms with E-state index in [0.717, 1.165) is 5.69 Å². The number of ether oxygens (including phenoxy) is 3. The smallest absolute Gasteiger partial charge is 0.220 e. The van der Waals surface area contributed by atoms with Crippen molar-refractivity contribution >= 4 is 27.7 Å². The van der Waals surface area contributed by atoms with Crippen LogP contribution >= 0.6 is 27.7 Å². The maximum Gasteiger partial charge on any atom is 0.220 e. The molecule has 1 heterocycles. The van der Waals surface area contributed by atoms with Gasteiger partial charge < -0.3 is 14.2 Å². The molecule has 0 unspecified atom stereocenters. The van der Waals surface area contributed by atoms with Gasteiger partial charge in [-0.2, -0.15) is 0 Å². The highest BCUT2D eigenvalue weighted by Gasteiger charge is 2.26. The summed E-state index contributed by atoms with van der Waals surface area (Å²) in [5, 5.41) is 20.0. The van der Waals surface area contributed by atoms with Crippen molar-refractivity contribution in [1.82, 2.24) is 14.8 Å². The third kappa shape index (κ3) is 6.25. The Morgan fingerprint density at radius 1 is 1.11 bits per heavy atom. The number of methoxy groups -OCH3 is 2. The van der Waals surface area contributed by atoms with Gasteiger partial charge in [0.25, 0.3) is 0 Å². The van der Waals surface area contributed by atoms with E-state index < -0.39 is 5.25 Å². The molecule has 0 spiro atoms. The number of hydrogen-bond donors (Lipinski definition) is 0. The molecule has 0 aliphatic heterocycles. The average molecular weight is 603 g/mol. The first-order valence-corrected chi connectivity index (χ1v) is 13.1. The fourth-order valence-electron chi connectivity index (χ4n) is 3.75. The third-order valence-corrected chi connectivity index (χ3v) is 7.41. The van der Waals surface area contributed by atoms with E-state index in [-0.39, 0.29) is 23.9 Å². The van der Waals surface area contributed by atoms with Crippen LogP contribution in [0.25, 0.3) is 5.69 Å². The van der Waals surface area contributed by atoms with Crippen LogP contribution in [0, 0.1) is 22.9 Å². The van der Waals surface area contributed by atoms with Crippen LogP contribution in [0.15, 0.2) is 70.3 Å². The van der Waals surface area contributed by atoms with E-state index in [4.69, 9.17) is 14.2 Å². The van der Waals surface area contributed by atoms with Crippen molar-refractivity contribution in [2.75, 3.05) is 20.8 Å². The second kappa shape index (κ2) is 12.3. The quantitative estimate of drug-likeness (QED) is 0.114. The van der Waals surface area contributed by atoms with Crippen LogP contribution in [0.1, 0.15) is 22.2 Å². The number of hydrogen-bond acceptors (Lipinski definition) is 8. The minimum Gasteiger partial charge on any atom is -0.497 e. The summed E-state index contributed by atoms with van der Waals surface area (Å²) in [7, 11) is 3.06. The number of nitro groups is 1. The summed E-state index contributed by atoms with van der Waals surface area (Å²) in [5.41, 5.74) is 1.81. The number of benzene rings is 3. The van der Waals surface area contributed by atoms with Crippen molar-refractivity contribution in [3.05, 3.63) is 98.0 Å². The van der Waals surface area contributed by atoms with Crippen molar-refractivity contribution in [2.45, 2.75) is 23.9 Å². The summed E-state index contributed by atoms with van der Waals surface area (Å²) < 4.78 is 33.1. The number of nitrogens with zero attached hydrogens (tertiary/aromatic N) is 4. The lowest BCUT2D eigenvalue weighted by atomic mass is 10.1. The van der Waals surface area contributed by atoms with Gasteiger partial charge in [-0.05, 0) is 70.9 Å². The van der Waals surface area contributed by atoms with Crippen molar-refractivity contribution < 1.29 is 23.5 Å². The highest BCUT2D eigenvalue weighted by atomic mass is 79.9. The van der Waals surface area contributed by atoms with Gasteiger partial charge in [0.2, 0.25) is 6.54 Å². The molecule has 1 aromatic heterocycles. The van der Waals surface area contributed by atoms with Gasteiger partial charge in [0.15, 0.2) is 16.7 Å². The summed E-state index contributed by atoms with van der Waals surface area (Å²) in [6, 6.07) is 17.1. The maximum absolute atomic E-state index is 14.1. The van der Waals surface area contributed by atoms with Gasteiger partial charge in [-0.1, -0.05) is 30.0 Å². The molecular formula is C26H24BrFN4O5S. The Hall–Kier alpha value is -3.64. The zero-order valence-corrected chi connectivity index (χ0v) is 23.2.